The lowest BCUT2D eigenvalue weighted by Crippen LogP contribution is -2.44. The van der Waals surface area contributed by atoms with Crippen LogP contribution in [0.4, 0.5) is 11.5 Å². The topological polar surface area (TPSA) is 71.5 Å². The van der Waals surface area contributed by atoms with Crippen LogP contribution < -0.4 is 25.0 Å². The molecule has 24 heavy (non-hydrogen) atoms. The summed E-state index contributed by atoms with van der Waals surface area (Å²) in [6.07, 6.45) is 3.31. The summed E-state index contributed by atoms with van der Waals surface area (Å²) in [6, 6.07) is 7.93. The molecule has 2 N–H and O–H groups in total. The third-order valence-corrected chi connectivity index (χ3v) is 4.17. The molecule has 4 rings (SSSR count). The van der Waals surface area contributed by atoms with Crippen molar-refractivity contribution in [2.75, 3.05) is 49.5 Å². The van der Waals surface area contributed by atoms with Crippen molar-refractivity contribution < 1.29 is 9.47 Å². The molecular formula is C17H21N5O2. The number of nitrogens with zero attached hydrogens (tertiary/aromatic N) is 3. The molecule has 0 saturated carbocycles. The van der Waals surface area contributed by atoms with E-state index >= 15 is 0 Å². The minimum Gasteiger partial charge on any atom is -0.483 e. The number of para-hydroxylation sites is 2. The largest absolute Gasteiger partial charge is 0.483 e. The molecular weight excluding hydrogens is 306 g/mol. The monoisotopic (exact) mass is 327 g/mol. The average Bonchev–Trinajstić information content (AvgIpc) is 2.67. The molecule has 0 spiro atoms. The van der Waals surface area contributed by atoms with E-state index in [1.807, 2.05) is 24.3 Å². The van der Waals surface area contributed by atoms with E-state index in [9.17, 15) is 0 Å². The lowest BCUT2D eigenvalue weighted by Gasteiger charge is -2.30. The maximum atomic E-state index is 5.98. The van der Waals surface area contributed by atoms with Gasteiger partial charge in [0.2, 0.25) is 0 Å². The van der Waals surface area contributed by atoms with E-state index in [2.05, 4.69) is 25.5 Å². The number of hydrogen-bond donors (Lipinski definition) is 2. The Hall–Kier alpha value is -2.54. The summed E-state index contributed by atoms with van der Waals surface area (Å²) in [6.45, 7) is 4.85. The first-order valence-electron chi connectivity index (χ1n) is 8.29. The first-order valence-corrected chi connectivity index (χ1v) is 8.29. The smallest absolute Gasteiger partial charge is 0.257 e. The van der Waals surface area contributed by atoms with Gasteiger partial charge < -0.3 is 25.0 Å². The molecule has 1 aromatic heterocycles. The Morgan fingerprint density at radius 2 is 2.00 bits per heavy atom. The minimum atomic E-state index is -0.0576. The summed E-state index contributed by atoms with van der Waals surface area (Å²) in [7, 11) is 0. The number of piperazine rings is 1. The summed E-state index contributed by atoms with van der Waals surface area (Å²) < 4.78 is 11.9. The van der Waals surface area contributed by atoms with Gasteiger partial charge in [-0.15, -0.1) is 0 Å². The van der Waals surface area contributed by atoms with E-state index in [0.717, 1.165) is 43.4 Å². The highest BCUT2D eigenvalue weighted by Gasteiger charge is 2.22. The van der Waals surface area contributed by atoms with E-state index < -0.39 is 0 Å². The van der Waals surface area contributed by atoms with Crippen molar-refractivity contribution in [2.45, 2.75) is 6.10 Å². The third-order valence-electron chi connectivity index (χ3n) is 4.17. The Labute approximate surface area is 141 Å². The SMILES string of the molecule is c1ccc2c(c1)NCC(COc1nccnc1N1CCNCC1)O2. The van der Waals surface area contributed by atoms with Crippen molar-refractivity contribution in [3.63, 3.8) is 0 Å². The van der Waals surface area contributed by atoms with Crippen LogP contribution >= 0.6 is 0 Å². The molecule has 2 aliphatic rings. The molecule has 0 amide bonds. The van der Waals surface area contributed by atoms with Crippen molar-refractivity contribution >= 4 is 11.5 Å². The molecule has 7 nitrogen and oxygen atoms in total. The predicted octanol–water partition coefficient (Wildman–Crippen LogP) is 1.14. The van der Waals surface area contributed by atoms with Crippen molar-refractivity contribution in [2.24, 2.45) is 0 Å². The maximum absolute atomic E-state index is 5.98. The zero-order valence-electron chi connectivity index (χ0n) is 13.4. The quantitative estimate of drug-likeness (QED) is 0.872. The van der Waals surface area contributed by atoms with Crippen molar-refractivity contribution in [3.8, 4) is 11.6 Å². The minimum absolute atomic E-state index is 0.0576. The van der Waals surface area contributed by atoms with Crippen molar-refractivity contribution in [3.05, 3.63) is 36.7 Å². The number of aromatic nitrogens is 2. The van der Waals surface area contributed by atoms with Crippen molar-refractivity contribution in [1.29, 1.82) is 0 Å². The van der Waals surface area contributed by atoms with Gasteiger partial charge in [-0.25, -0.2) is 9.97 Å². The number of benzene rings is 1. The predicted molar refractivity (Wildman–Crippen MR) is 92.0 cm³/mol. The fourth-order valence-corrected chi connectivity index (χ4v) is 2.94. The van der Waals surface area contributed by atoms with Crippen LogP contribution in [0.3, 0.4) is 0 Å². The van der Waals surface area contributed by atoms with Gasteiger partial charge in [-0.3, -0.25) is 0 Å². The van der Waals surface area contributed by atoms with Gasteiger partial charge in [-0.1, -0.05) is 12.1 Å². The van der Waals surface area contributed by atoms with E-state index in [1.54, 1.807) is 12.4 Å². The van der Waals surface area contributed by atoms with Crippen LogP contribution in [0.5, 0.6) is 11.6 Å². The molecule has 3 heterocycles. The Balaban J connectivity index is 1.41. The summed E-state index contributed by atoms with van der Waals surface area (Å²) >= 11 is 0. The standard InChI is InChI=1S/C17H21N5O2/c1-2-4-15-14(3-1)21-11-13(24-15)12-23-17-16(19-5-6-20-17)22-9-7-18-8-10-22/h1-6,13,18,21H,7-12H2. The fraction of sp³-hybridized carbons (Fsp3) is 0.412. The normalized spacial score (nSPS) is 19.8. The molecule has 0 bridgehead atoms. The molecule has 126 valence electrons. The van der Waals surface area contributed by atoms with Crippen LogP contribution in [0, 0.1) is 0 Å². The van der Waals surface area contributed by atoms with Gasteiger partial charge in [0.1, 0.15) is 18.5 Å². The number of nitrogens with one attached hydrogen (secondary N) is 2. The van der Waals surface area contributed by atoms with Crippen molar-refractivity contribution in [1.82, 2.24) is 15.3 Å². The van der Waals surface area contributed by atoms with Crippen LogP contribution in [-0.2, 0) is 0 Å². The number of rotatable bonds is 4. The summed E-state index contributed by atoms with van der Waals surface area (Å²) in [4.78, 5) is 11.0. The lowest BCUT2D eigenvalue weighted by atomic mass is 10.2. The van der Waals surface area contributed by atoms with Gasteiger partial charge in [0.15, 0.2) is 5.82 Å². The molecule has 7 heteroatoms. The van der Waals surface area contributed by atoms with E-state index in [0.29, 0.717) is 19.0 Å². The van der Waals surface area contributed by atoms with Gasteiger partial charge in [-0.05, 0) is 12.1 Å². The van der Waals surface area contributed by atoms with Crippen LogP contribution in [0.2, 0.25) is 0 Å². The van der Waals surface area contributed by atoms with E-state index in [4.69, 9.17) is 9.47 Å². The number of fused-ring (bicyclic) bond motifs is 1. The van der Waals surface area contributed by atoms with Gasteiger partial charge in [0, 0.05) is 38.6 Å². The zero-order chi connectivity index (χ0) is 16.2. The highest BCUT2D eigenvalue weighted by Crippen LogP contribution is 2.29. The first-order chi connectivity index (χ1) is 11.9. The second-order valence-electron chi connectivity index (χ2n) is 5.85. The van der Waals surface area contributed by atoms with Gasteiger partial charge >= 0.3 is 0 Å². The zero-order valence-corrected chi connectivity index (χ0v) is 13.4. The number of anilines is 2. The molecule has 1 unspecified atom stereocenters. The Kier molecular flexibility index (Phi) is 4.33. The molecule has 0 radical (unpaired) electrons. The van der Waals surface area contributed by atoms with Crippen LogP contribution in [-0.4, -0.2) is 55.4 Å². The van der Waals surface area contributed by atoms with Crippen LogP contribution in [0.25, 0.3) is 0 Å². The van der Waals surface area contributed by atoms with Crippen LogP contribution in [0.15, 0.2) is 36.7 Å². The molecule has 2 aliphatic heterocycles. The number of ether oxygens (including phenoxy) is 2. The first kappa shape index (κ1) is 15.0. The maximum Gasteiger partial charge on any atom is 0.257 e. The highest BCUT2D eigenvalue weighted by atomic mass is 16.5. The van der Waals surface area contributed by atoms with E-state index in [1.165, 1.54) is 0 Å². The average molecular weight is 327 g/mol. The molecule has 1 saturated heterocycles. The lowest BCUT2D eigenvalue weighted by molar-refractivity contribution is 0.129. The van der Waals surface area contributed by atoms with Crippen LogP contribution in [0.1, 0.15) is 0 Å². The molecule has 1 atom stereocenters. The third kappa shape index (κ3) is 3.21. The number of hydrogen-bond acceptors (Lipinski definition) is 7. The molecule has 1 fully saturated rings. The Morgan fingerprint density at radius 3 is 2.92 bits per heavy atom. The molecule has 0 aliphatic carbocycles. The van der Waals surface area contributed by atoms with E-state index in [-0.39, 0.29) is 6.10 Å². The highest BCUT2D eigenvalue weighted by molar-refractivity contribution is 5.57. The second kappa shape index (κ2) is 6.92. The van der Waals surface area contributed by atoms with Gasteiger partial charge in [0.05, 0.1) is 12.2 Å². The summed E-state index contributed by atoms with van der Waals surface area (Å²) in [5.74, 6) is 2.24. The fourth-order valence-electron chi connectivity index (χ4n) is 2.94. The van der Waals surface area contributed by atoms with Gasteiger partial charge in [0.25, 0.3) is 5.88 Å². The molecule has 2 aromatic rings. The summed E-state index contributed by atoms with van der Waals surface area (Å²) in [5, 5.41) is 6.71. The second-order valence-corrected chi connectivity index (χ2v) is 5.85. The summed E-state index contributed by atoms with van der Waals surface area (Å²) in [5.41, 5.74) is 1.02. The Morgan fingerprint density at radius 1 is 1.17 bits per heavy atom. The van der Waals surface area contributed by atoms with Gasteiger partial charge in [-0.2, -0.15) is 0 Å². The Bertz CT molecular complexity index is 690. The molecule has 1 aromatic carbocycles.